The fourth-order valence-corrected chi connectivity index (χ4v) is 6.07. The number of ether oxygens (including phenoxy) is 1. The number of piperidine rings is 1. The molecule has 3 aliphatic rings. The van der Waals surface area contributed by atoms with Gasteiger partial charge in [-0.15, -0.1) is 0 Å². The molecular formula is C30H31ClF3N3O4. The Bertz CT molecular complexity index is 1400. The van der Waals surface area contributed by atoms with E-state index in [4.69, 9.17) is 16.3 Å². The van der Waals surface area contributed by atoms with E-state index in [1.54, 1.807) is 21.9 Å². The van der Waals surface area contributed by atoms with Crippen LogP contribution in [0.5, 0.6) is 5.75 Å². The van der Waals surface area contributed by atoms with E-state index < -0.39 is 23.7 Å². The SMILES string of the molecule is COc1ccc(C(=O)N[C@H]2CN(C(=O)C3CCN(C(=O)C4=CC4)CC3)C[C@@H]2c2ccc(Cl)cc2C)cc1C(F)(F)F. The topological polar surface area (TPSA) is 79.0 Å². The fraction of sp³-hybridized carbons (Fsp3) is 0.433. The molecule has 2 atom stereocenters. The molecular weight excluding hydrogens is 559 g/mol. The average molecular weight is 590 g/mol. The predicted octanol–water partition coefficient (Wildman–Crippen LogP) is 4.97. The van der Waals surface area contributed by atoms with Crippen molar-refractivity contribution < 1.29 is 32.3 Å². The molecule has 218 valence electrons. The van der Waals surface area contributed by atoms with E-state index in [0.29, 0.717) is 37.5 Å². The summed E-state index contributed by atoms with van der Waals surface area (Å²) in [7, 11) is 1.14. The van der Waals surface area contributed by atoms with Gasteiger partial charge in [-0.05, 0) is 67.6 Å². The summed E-state index contributed by atoms with van der Waals surface area (Å²) in [6.07, 6.45) is -0.952. The summed E-state index contributed by atoms with van der Waals surface area (Å²) in [5.41, 5.74) is 1.43. The maximum atomic E-state index is 13.6. The number of halogens is 4. The van der Waals surface area contributed by atoms with Crippen LogP contribution in [0.3, 0.4) is 0 Å². The third kappa shape index (κ3) is 6.22. The van der Waals surface area contributed by atoms with Gasteiger partial charge < -0.3 is 19.9 Å². The number of alkyl halides is 3. The Morgan fingerprint density at radius 3 is 2.34 bits per heavy atom. The van der Waals surface area contributed by atoms with Gasteiger partial charge in [0.2, 0.25) is 11.8 Å². The first-order valence-corrected chi connectivity index (χ1v) is 13.9. The highest BCUT2D eigenvalue weighted by Crippen LogP contribution is 2.37. The van der Waals surface area contributed by atoms with Gasteiger partial charge in [0.05, 0.1) is 18.7 Å². The molecule has 0 saturated carbocycles. The molecule has 1 N–H and O–H groups in total. The van der Waals surface area contributed by atoms with Crippen molar-refractivity contribution in [1.29, 1.82) is 0 Å². The number of carbonyl (C=O) groups is 3. The quantitative estimate of drug-likeness (QED) is 0.516. The Hall–Kier alpha value is -3.53. The van der Waals surface area contributed by atoms with E-state index in [1.165, 1.54) is 6.07 Å². The van der Waals surface area contributed by atoms with Gasteiger partial charge in [0.1, 0.15) is 5.75 Å². The molecule has 2 aromatic rings. The van der Waals surface area contributed by atoms with Crippen LogP contribution in [0.4, 0.5) is 13.2 Å². The first-order chi connectivity index (χ1) is 19.5. The molecule has 2 aliphatic heterocycles. The number of rotatable bonds is 6. The fourth-order valence-electron chi connectivity index (χ4n) is 5.84. The third-order valence-corrected chi connectivity index (χ3v) is 8.40. The molecule has 3 amide bonds. The van der Waals surface area contributed by atoms with Gasteiger partial charge in [-0.3, -0.25) is 14.4 Å². The van der Waals surface area contributed by atoms with Crippen molar-refractivity contribution in [3.8, 4) is 5.75 Å². The number of methoxy groups -OCH3 is 1. The Morgan fingerprint density at radius 1 is 1.02 bits per heavy atom. The number of carbonyl (C=O) groups excluding carboxylic acids is 3. The minimum Gasteiger partial charge on any atom is -0.496 e. The minimum absolute atomic E-state index is 0.0418. The van der Waals surface area contributed by atoms with E-state index in [-0.39, 0.29) is 41.5 Å². The molecule has 2 heterocycles. The van der Waals surface area contributed by atoms with Gasteiger partial charge in [-0.2, -0.15) is 13.2 Å². The molecule has 7 nitrogen and oxygen atoms in total. The average Bonchev–Trinajstić information content (AvgIpc) is 3.72. The highest BCUT2D eigenvalue weighted by Gasteiger charge is 2.41. The first-order valence-electron chi connectivity index (χ1n) is 13.6. The molecule has 2 aromatic carbocycles. The number of aryl methyl sites for hydroxylation is 1. The van der Waals surface area contributed by atoms with E-state index >= 15 is 0 Å². The van der Waals surface area contributed by atoms with Gasteiger partial charge in [-0.1, -0.05) is 23.7 Å². The van der Waals surface area contributed by atoms with Crippen LogP contribution in [0.1, 0.15) is 52.2 Å². The molecule has 5 rings (SSSR count). The summed E-state index contributed by atoms with van der Waals surface area (Å²) in [5.74, 6) is -1.57. The van der Waals surface area contributed by atoms with Crippen molar-refractivity contribution in [1.82, 2.24) is 15.1 Å². The van der Waals surface area contributed by atoms with Gasteiger partial charge >= 0.3 is 6.18 Å². The second-order valence-corrected chi connectivity index (χ2v) is 11.3. The molecule has 0 spiro atoms. The number of allylic oxidation sites excluding steroid dienone is 1. The lowest BCUT2D eigenvalue weighted by Crippen LogP contribution is -2.45. The summed E-state index contributed by atoms with van der Waals surface area (Å²) >= 11 is 6.17. The minimum atomic E-state index is -4.70. The highest BCUT2D eigenvalue weighted by molar-refractivity contribution is 6.30. The standard InChI is InChI=1S/C30H31ClF3N3O4/c1-17-13-21(31)6-7-22(17)23-15-37(29(40)19-9-11-36(12-10-19)28(39)18-3-4-18)16-25(23)35-27(38)20-5-8-26(41-2)24(14-20)30(32,33)34/h3,5-8,13-14,19,23,25H,4,9-12,15-16H2,1-2H3,(H,35,38)/t23-,25+/m1/s1. The third-order valence-electron chi connectivity index (χ3n) is 8.16. The van der Waals surface area contributed by atoms with E-state index in [9.17, 15) is 27.6 Å². The van der Waals surface area contributed by atoms with Crippen molar-refractivity contribution in [3.05, 3.63) is 75.3 Å². The Labute approximate surface area is 241 Å². The number of benzene rings is 2. The zero-order valence-corrected chi connectivity index (χ0v) is 23.5. The summed E-state index contributed by atoms with van der Waals surface area (Å²) in [5, 5.41) is 3.45. The van der Waals surface area contributed by atoms with Gasteiger partial charge in [0.15, 0.2) is 0 Å². The number of hydrogen-bond acceptors (Lipinski definition) is 4. The van der Waals surface area contributed by atoms with Crippen molar-refractivity contribution in [2.75, 3.05) is 33.3 Å². The summed E-state index contributed by atoms with van der Waals surface area (Å²) in [6.45, 7) is 3.48. The van der Waals surface area contributed by atoms with E-state index in [0.717, 1.165) is 42.4 Å². The monoisotopic (exact) mass is 589 g/mol. The molecule has 1 aliphatic carbocycles. The number of hydrogen-bond donors (Lipinski definition) is 1. The van der Waals surface area contributed by atoms with Crippen LogP contribution in [0.25, 0.3) is 0 Å². The van der Waals surface area contributed by atoms with E-state index in [1.807, 2.05) is 19.1 Å². The molecule has 41 heavy (non-hydrogen) atoms. The molecule has 0 unspecified atom stereocenters. The first kappa shape index (κ1) is 29.0. The Kier molecular flexibility index (Phi) is 8.05. The molecule has 2 saturated heterocycles. The zero-order valence-electron chi connectivity index (χ0n) is 22.8. The molecule has 0 radical (unpaired) electrons. The number of nitrogens with one attached hydrogen (secondary N) is 1. The zero-order chi connectivity index (χ0) is 29.5. The van der Waals surface area contributed by atoms with Crippen LogP contribution in [-0.2, 0) is 15.8 Å². The lowest BCUT2D eigenvalue weighted by Gasteiger charge is -2.33. The number of nitrogens with zero attached hydrogens (tertiary/aromatic N) is 2. The summed E-state index contributed by atoms with van der Waals surface area (Å²) in [4.78, 5) is 42.7. The van der Waals surface area contributed by atoms with Crippen LogP contribution in [0.2, 0.25) is 5.02 Å². The largest absolute Gasteiger partial charge is 0.496 e. The second-order valence-electron chi connectivity index (χ2n) is 10.8. The van der Waals surface area contributed by atoms with Crippen LogP contribution < -0.4 is 10.1 Å². The van der Waals surface area contributed by atoms with Gasteiger partial charge in [0, 0.05) is 54.2 Å². The van der Waals surface area contributed by atoms with Crippen LogP contribution in [0, 0.1) is 12.8 Å². The number of amides is 3. The summed E-state index contributed by atoms with van der Waals surface area (Å²) in [6, 6.07) is 8.07. The van der Waals surface area contributed by atoms with Crippen molar-refractivity contribution in [3.63, 3.8) is 0 Å². The Morgan fingerprint density at radius 2 is 1.73 bits per heavy atom. The second kappa shape index (κ2) is 11.4. The van der Waals surface area contributed by atoms with Crippen molar-refractivity contribution in [2.24, 2.45) is 5.92 Å². The maximum Gasteiger partial charge on any atom is 0.419 e. The van der Waals surface area contributed by atoms with Gasteiger partial charge in [0.25, 0.3) is 5.91 Å². The lowest BCUT2D eigenvalue weighted by molar-refractivity contribution is -0.139. The van der Waals surface area contributed by atoms with Gasteiger partial charge in [-0.25, -0.2) is 0 Å². The van der Waals surface area contributed by atoms with Crippen LogP contribution in [-0.4, -0.2) is 66.9 Å². The van der Waals surface area contributed by atoms with Crippen LogP contribution >= 0.6 is 11.6 Å². The Balaban J connectivity index is 1.34. The maximum absolute atomic E-state index is 13.6. The highest BCUT2D eigenvalue weighted by atomic mass is 35.5. The van der Waals surface area contributed by atoms with Crippen LogP contribution in [0.15, 0.2) is 48.0 Å². The van der Waals surface area contributed by atoms with Crippen molar-refractivity contribution >= 4 is 29.3 Å². The lowest BCUT2D eigenvalue weighted by atomic mass is 9.90. The normalized spacial score (nSPS) is 21.0. The smallest absolute Gasteiger partial charge is 0.419 e. The van der Waals surface area contributed by atoms with Crippen molar-refractivity contribution in [2.45, 2.75) is 44.3 Å². The predicted molar refractivity (Wildman–Crippen MR) is 147 cm³/mol. The number of likely N-dealkylation sites (tertiary alicyclic amines) is 2. The molecule has 0 aromatic heterocycles. The molecule has 11 heteroatoms. The van der Waals surface area contributed by atoms with E-state index in [2.05, 4.69) is 5.32 Å². The molecule has 2 fully saturated rings. The molecule has 0 bridgehead atoms. The summed E-state index contributed by atoms with van der Waals surface area (Å²) < 4.78 is 45.6.